The van der Waals surface area contributed by atoms with Gasteiger partial charge < -0.3 is 4.90 Å². The number of carbonyl (C=O) groups excluding carboxylic acids is 1. The smallest absolute Gasteiger partial charge is 0.340 e. The van der Waals surface area contributed by atoms with Crippen LogP contribution in [0.4, 0.5) is 13.2 Å². The molecule has 1 aromatic carbocycles. The van der Waals surface area contributed by atoms with Crippen molar-refractivity contribution in [1.82, 2.24) is 9.21 Å². The van der Waals surface area contributed by atoms with E-state index in [9.17, 15) is 36.5 Å². The van der Waals surface area contributed by atoms with Crippen molar-refractivity contribution < 1.29 is 31.3 Å². The zero-order valence-corrected chi connectivity index (χ0v) is 14.7. The van der Waals surface area contributed by atoms with E-state index < -0.39 is 38.6 Å². The van der Waals surface area contributed by atoms with E-state index in [0.29, 0.717) is 12.1 Å². The number of nitrogens with zero attached hydrogens (tertiary/aromatic N) is 3. The number of halogens is 3. The summed E-state index contributed by atoms with van der Waals surface area (Å²) in [5.74, 6) is -1.01. The second kappa shape index (κ2) is 6.75. The van der Waals surface area contributed by atoms with Crippen molar-refractivity contribution in [2.75, 3.05) is 26.2 Å². The van der Waals surface area contributed by atoms with Crippen molar-refractivity contribution in [3.63, 3.8) is 0 Å². The van der Waals surface area contributed by atoms with Gasteiger partial charge in [-0.2, -0.15) is 17.5 Å². The lowest BCUT2D eigenvalue weighted by Gasteiger charge is -2.34. The largest absolute Gasteiger partial charge is 0.416 e. The molecule has 0 aromatic heterocycles. The molecule has 2 fully saturated rings. The van der Waals surface area contributed by atoms with Gasteiger partial charge in [0.25, 0.3) is 0 Å². The van der Waals surface area contributed by atoms with E-state index in [4.69, 9.17) is 0 Å². The first-order valence-corrected chi connectivity index (χ1v) is 9.55. The number of hydrogen-bond donors (Lipinski definition) is 0. The lowest BCUT2D eigenvalue weighted by atomic mass is 10.2. The first-order chi connectivity index (χ1) is 12.5. The zero-order valence-electron chi connectivity index (χ0n) is 13.9. The fourth-order valence-electron chi connectivity index (χ4n) is 3.03. The van der Waals surface area contributed by atoms with Crippen molar-refractivity contribution in [2.45, 2.75) is 23.5 Å². The molecule has 0 bridgehead atoms. The number of carbonyl (C=O) groups is 1. The molecule has 1 saturated carbocycles. The molecule has 148 valence electrons. The van der Waals surface area contributed by atoms with Crippen LogP contribution in [0, 0.1) is 16.0 Å². The molecular weight excluding hydrogens is 391 g/mol. The Labute approximate surface area is 152 Å². The molecule has 1 saturated heterocycles. The summed E-state index contributed by atoms with van der Waals surface area (Å²) in [6.07, 6.45) is -4.37. The standard InChI is InChI=1S/C15H16F3N3O5S/c16-15(17,18)10-1-3-11(4-2-10)27(25,26)20-7-5-19(6-8-20)14(22)12-9-13(12)21(23)24/h1-4,12-13H,5-9H2/t12-,13+/m0/s1. The number of nitro groups is 1. The summed E-state index contributed by atoms with van der Waals surface area (Å²) >= 11 is 0. The molecule has 1 amide bonds. The van der Waals surface area contributed by atoms with Crippen LogP contribution in [0.5, 0.6) is 0 Å². The minimum atomic E-state index is -4.56. The highest BCUT2D eigenvalue weighted by Gasteiger charge is 2.54. The lowest BCUT2D eigenvalue weighted by Crippen LogP contribution is -2.51. The number of rotatable bonds is 4. The highest BCUT2D eigenvalue weighted by atomic mass is 32.2. The Morgan fingerprint density at radius 2 is 1.67 bits per heavy atom. The molecule has 3 rings (SSSR count). The van der Waals surface area contributed by atoms with Crippen molar-refractivity contribution in [1.29, 1.82) is 0 Å². The van der Waals surface area contributed by atoms with Gasteiger partial charge in [-0.15, -0.1) is 0 Å². The molecule has 0 N–H and O–H groups in total. The summed E-state index contributed by atoms with van der Waals surface area (Å²) < 4.78 is 64.0. The fourth-order valence-corrected chi connectivity index (χ4v) is 4.45. The summed E-state index contributed by atoms with van der Waals surface area (Å²) in [4.78, 5) is 23.5. The predicted molar refractivity (Wildman–Crippen MR) is 85.7 cm³/mol. The third-order valence-electron chi connectivity index (χ3n) is 4.71. The maximum atomic E-state index is 12.6. The first kappa shape index (κ1) is 19.5. The van der Waals surface area contributed by atoms with Crippen LogP contribution in [0.2, 0.25) is 0 Å². The maximum Gasteiger partial charge on any atom is 0.416 e. The molecule has 1 aliphatic heterocycles. The van der Waals surface area contributed by atoms with E-state index in [-0.39, 0.29) is 43.4 Å². The van der Waals surface area contributed by atoms with Crippen LogP contribution in [-0.2, 0) is 21.0 Å². The second-order valence-corrected chi connectivity index (χ2v) is 8.38. The molecule has 1 aromatic rings. The van der Waals surface area contributed by atoms with E-state index in [1.165, 1.54) is 4.90 Å². The summed E-state index contributed by atoms with van der Waals surface area (Å²) in [5.41, 5.74) is -0.943. The molecule has 8 nitrogen and oxygen atoms in total. The molecule has 27 heavy (non-hydrogen) atoms. The number of piperazine rings is 1. The van der Waals surface area contributed by atoms with Gasteiger partial charge in [-0.05, 0) is 24.3 Å². The maximum absolute atomic E-state index is 12.6. The predicted octanol–water partition coefficient (Wildman–Crippen LogP) is 1.20. The molecule has 1 aliphatic carbocycles. The van der Waals surface area contributed by atoms with E-state index >= 15 is 0 Å². The topological polar surface area (TPSA) is 101 Å². The molecule has 2 aliphatic rings. The monoisotopic (exact) mass is 407 g/mol. The van der Waals surface area contributed by atoms with Crippen LogP contribution >= 0.6 is 0 Å². The highest BCUT2D eigenvalue weighted by Crippen LogP contribution is 2.35. The Bertz CT molecular complexity index is 848. The SMILES string of the molecule is O=C([C@H]1C[C@H]1[N+](=O)[O-])N1CCN(S(=O)(=O)c2ccc(C(F)(F)F)cc2)CC1. The van der Waals surface area contributed by atoms with E-state index in [1.807, 2.05) is 0 Å². The Balaban J connectivity index is 1.63. The minimum Gasteiger partial charge on any atom is -0.340 e. The molecular formula is C15H16F3N3O5S. The first-order valence-electron chi connectivity index (χ1n) is 8.11. The number of sulfonamides is 1. The van der Waals surface area contributed by atoms with Gasteiger partial charge in [0.1, 0.15) is 5.92 Å². The molecule has 0 radical (unpaired) electrons. The highest BCUT2D eigenvalue weighted by molar-refractivity contribution is 7.89. The van der Waals surface area contributed by atoms with Crippen LogP contribution in [0.15, 0.2) is 29.2 Å². The molecule has 0 spiro atoms. The fraction of sp³-hybridized carbons (Fsp3) is 0.533. The van der Waals surface area contributed by atoms with E-state index in [0.717, 1.165) is 16.4 Å². The number of hydrogen-bond acceptors (Lipinski definition) is 5. The van der Waals surface area contributed by atoms with E-state index in [2.05, 4.69) is 0 Å². The molecule has 12 heteroatoms. The number of amides is 1. The van der Waals surface area contributed by atoms with Gasteiger partial charge >= 0.3 is 6.18 Å². The van der Waals surface area contributed by atoms with Crippen LogP contribution in [-0.4, -0.2) is 60.7 Å². The second-order valence-electron chi connectivity index (χ2n) is 6.45. The number of benzene rings is 1. The van der Waals surface area contributed by atoms with Crippen molar-refractivity contribution >= 4 is 15.9 Å². The van der Waals surface area contributed by atoms with Crippen molar-refractivity contribution in [3.8, 4) is 0 Å². The van der Waals surface area contributed by atoms with Gasteiger partial charge in [0.2, 0.25) is 22.0 Å². The third-order valence-corrected chi connectivity index (χ3v) is 6.63. The number of alkyl halides is 3. The normalized spacial score (nSPS) is 23.9. The van der Waals surface area contributed by atoms with Gasteiger partial charge in [0, 0.05) is 37.5 Å². The van der Waals surface area contributed by atoms with Gasteiger partial charge in [0.15, 0.2) is 0 Å². The Morgan fingerprint density at radius 3 is 2.11 bits per heavy atom. The van der Waals surface area contributed by atoms with Crippen LogP contribution < -0.4 is 0 Å². The Kier molecular flexibility index (Phi) is 4.89. The van der Waals surface area contributed by atoms with Crippen molar-refractivity contribution in [2.24, 2.45) is 5.92 Å². The quantitative estimate of drug-likeness (QED) is 0.552. The molecule has 2 atom stereocenters. The average molecular weight is 407 g/mol. The van der Waals surface area contributed by atoms with Crippen LogP contribution in [0.1, 0.15) is 12.0 Å². The zero-order chi connectivity index (χ0) is 20.0. The van der Waals surface area contributed by atoms with Crippen LogP contribution in [0.3, 0.4) is 0 Å². The summed E-state index contributed by atoms with van der Waals surface area (Å²) in [5, 5.41) is 10.7. The summed E-state index contributed by atoms with van der Waals surface area (Å²) in [7, 11) is -3.98. The Morgan fingerprint density at radius 1 is 1.11 bits per heavy atom. The minimum absolute atomic E-state index is 0.0229. The van der Waals surface area contributed by atoms with Gasteiger partial charge in [-0.25, -0.2) is 8.42 Å². The van der Waals surface area contributed by atoms with Gasteiger partial charge in [0.05, 0.1) is 10.5 Å². The average Bonchev–Trinajstić information content (AvgIpc) is 3.41. The van der Waals surface area contributed by atoms with Gasteiger partial charge in [-0.3, -0.25) is 14.9 Å². The summed E-state index contributed by atoms with van der Waals surface area (Å²) in [6, 6.07) is 2.35. The molecule has 0 unspecified atom stereocenters. The van der Waals surface area contributed by atoms with Crippen molar-refractivity contribution in [3.05, 3.63) is 39.9 Å². The van der Waals surface area contributed by atoms with Gasteiger partial charge in [-0.1, -0.05) is 0 Å². The Hall–Kier alpha value is -2.21. The molecule has 1 heterocycles. The van der Waals surface area contributed by atoms with Crippen LogP contribution in [0.25, 0.3) is 0 Å². The van der Waals surface area contributed by atoms with E-state index in [1.54, 1.807) is 0 Å². The third kappa shape index (κ3) is 3.90. The summed E-state index contributed by atoms with van der Waals surface area (Å²) in [6.45, 7) is 0.120. The lowest BCUT2D eigenvalue weighted by molar-refractivity contribution is -0.497.